The number of ether oxygens (including phenoxy) is 2. The number of carbonyl (C=O) groups excluding carboxylic acids is 2. The molecule has 7 nitrogen and oxygen atoms in total. The van der Waals surface area contributed by atoms with Crippen molar-refractivity contribution < 1.29 is 23.6 Å². The van der Waals surface area contributed by atoms with E-state index >= 15 is 0 Å². The van der Waals surface area contributed by atoms with E-state index in [1.807, 2.05) is 0 Å². The summed E-state index contributed by atoms with van der Waals surface area (Å²) in [5, 5.41) is 6.36. The molecule has 0 aliphatic carbocycles. The number of aryl methyl sites for hydroxylation is 1. The second-order valence-electron chi connectivity index (χ2n) is 5.39. The Morgan fingerprint density at radius 1 is 1.08 bits per heavy atom. The normalized spacial score (nSPS) is 10.2. The van der Waals surface area contributed by atoms with E-state index in [9.17, 15) is 9.59 Å². The topological polar surface area (TPSA) is 90.7 Å². The lowest BCUT2D eigenvalue weighted by molar-refractivity contribution is 0.0723. The maximum Gasteiger partial charge on any atom is 0.365 e. The number of para-hydroxylation sites is 1. The van der Waals surface area contributed by atoms with Gasteiger partial charge in [-0.1, -0.05) is 17.3 Å². The van der Waals surface area contributed by atoms with Crippen LogP contribution in [0.2, 0.25) is 0 Å². The van der Waals surface area contributed by atoms with Gasteiger partial charge in [0.1, 0.15) is 17.3 Å². The third-order valence-corrected chi connectivity index (χ3v) is 3.51. The van der Waals surface area contributed by atoms with E-state index in [1.165, 1.54) is 13.2 Å². The van der Waals surface area contributed by atoms with Crippen LogP contribution in [-0.2, 0) is 0 Å². The number of hydrogen-bond donors (Lipinski definition) is 1. The van der Waals surface area contributed by atoms with E-state index < -0.39 is 5.97 Å². The van der Waals surface area contributed by atoms with Gasteiger partial charge in [-0.05, 0) is 43.3 Å². The van der Waals surface area contributed by atoms with Gasteiger partial charge in [-0.15, -0.1) is 0 Å². The van der Waals surface area contributed by atoms with E-state index in [0.717, 1.165) is 0 Å². The quantitative estimate of drug-likeness (QED) is 0.558. The third kappa shape index (κ3) is 3.89. The Kier molecular flexibility index (Phi) is 4.98. The van der Waals surface area contributed by atoms with Crippen molar-refractivity contribution in [3.05, 3.63) is 71.6 Å². The number of amides is 1. The summed E-state index contributed by atoms with van der Waals surface area (Å²) < 4.78 is 15.2. The average molecular weight is 352 g/mol. The molecule has 0 radical (unpaired) electrons. The second kappa shape index (κ2) is 7.52. The first kappa shape index (κ1) is 17.2. The van der Waals surface area contributed by atoms with Gasteiger partial charge in [-0.2, -0.15) is 0 Å². The molecule has 3 rings (SSSR count). The third-order valence-electron chi connectivity index (χ3n) is 3.51. The zero-order valence-corrected chi connectivity index (χ0v) is 14.2. The highest BCUT2D eigenvalue weighted by Crippen LogP contribution is 2.21. The number of hydrogen-bond acceptors (Lipinski definition) is 6. The number of methoxy groups -OCH3 is 1. The molecule has 0 saturated heterocycles. The first-order valence-electron chi connectivity index (χ1n) is 7.77. The van der Waals surface area contributed by atoms with Gasteiger partial charge in [0.25, 0.3) is 5.91 Å². The minimum atomic E-state index is -0.618. The van der Waals surface area contributed by atoms with Crippen LogP contribution in [0.25, 0.3) is 0 Å². The molecule has 1 amide bonds. The molecule has 0 aliphatic rings. The molecular formula is C19H16N2O5. The van der Waals surface area contributed by atoms with Gasteiger partial charge >= 0.3 is 5.97 Å². The fraction of sp³-hybridized carbons (Fsp3) is 0.105. The van der Waals surface area contributed by atoms with Gasteiger partial charge in [0.15, 0.2) is 5.69 Å². The zero-order valence-electron chi connectivity index (χ0n) is 14.2. The molecule has 1 heterocycles. The summed E-state index contributed by atoms with van der Waals surface area (Å²) in [6.07, 6.45) is 0. The predicted octanol–water partition coefficient (Wildman–Crippen LogP) is 3.46. The van der Waals surface area contributed by atoms with Gasteiger partial charge in [0.05, 0.1) is 12.7 Å². The highest BCUT2D eigenvalue weighted by atomic mass is 16.5. The number of esters is 1. The van der Waals surface area contributed by atoms with Crippen LogP contribution in [0.1, 0.15) is 26.6 Å². The number of carbonyl (C=O) groups is 2. The molecule has 0 atom stereocenters. The fourth-order valence-electron chi connectivity index (χ4n) is 2.26. The molecule has 0 unspecified atom stereocenters. The van der Waals surface area contributed by atoms with Crippen LogP contribution < -0.4 is 14.8 Å². The number of nitrogens with one attached hydrogen (secondary N) is 1. The summed E-state index contributed by atoms with van der Waals surface area (Å²) in [5.41, 5.74) is 1.07. The Bertz CT molecular complexity index is 931. The molecule has 132 valence electrons. The lowest BCUT2D eigenvalue weighted by atomic mass is 10.2. The molecule has 2 aromatic carbocycles. The van der Waals surface area contributed by atoms with Crippen molar-refractivity contribution >= 4 is 17.6 Å². The number of benzene rings is 2. The summed E-state index contributed by atoms with van der Waals surface area (Å²) in [7, 11) is 1.51. The largest absolute Gasteiger partial charge is 0.496 e. The van der Waals surface area contributed by atoms with Crippen molar-refractivity contribution in [3.8, 4) is 11.5 Å². The van der Waals surface area contributed by atoms with Crippen molar-refractivity contribution in [1.82, 2.24) is 5.16 Å². The molecule has 3 aromatic rings. The molecule has 1 N–H and O–H groups in total. The molecule has 1 aromatic heterocycles. The molecule has 0 fully saturated rings. The first-order chi connectivity index (χ1) is 12.6. The van der Waals surface area contributed by atoms with Gasteiger partial charge in [-0.3, -0.25) is 4.79 Å². The van der Waals surface area contributed by atoms with Crippen LogP contribution in [0.3, 0.4) is 0 Å². The average Bonchev–Trinajstić information content (AvgIpc) is 3.10. The maximum atomic E-state index is 12.3. The van der Waals surface area contributed by atoms with Crippen molar-refractivity contribution in [2.24, 2.45) is 0 Å². The van der Waals surface area contributed by atoms with Gasteiger partial charge in [0, 0.05) is 11.8 Å². The lowest BCUT2D eigenvalue weighted by Gasteiger charge is -2.09. The van der Waals surface area contributed by atoms with Crippen LogP contribution in [0, 0.1) is 6.92 Å². The molecular weight excluding hydrogens is 336 g/mol. The first-order valence-corrected chi connectivity index (χ1v) is 7.77. The smallest absolute Gasteiger partial charge is 0.365 e. The molecule has 0 bridgehead atoms. The number of nitrogens with zero attached hydrogens (tertiary/aromatic N) is 1. The second-order valence-corrected chi connectivity index (χ2v) is 5.39. The Morgan fingerprint density at radius 3 is 2.46 bits per heavy atom. The van der Waals surface area contributed by atoms with Crippen molar-refractivity contribution in [2.45, 2.75) is 6.92 Å². The van der Waals surface area contributed by atoms with Crippen LogP contribution in [0.15, 0.2) is 59.1 Å². The number of aromatic nitrogens is 1. The summed E-state index contributed by atoms with van der Waals surface area (Å²) >= 11 is 0. The monoisotopic (exact) mass is 352 g/mol. The molecule has 7 heteroatoms. The van der Waals surface area contributed by atoms with Gasteiger partial charge < -0.3 is 19.3 Å². The van der Waals surface area contributed by atoms with E-state index in [-0.39, 0.29) is 11.6 Å². The minimum absolute atomic E-state index is 0.0936. The summed E-state index contributed by atoms with van der Waals surface area (Å²) in [6.45, 7) is 1.68. The molecule has 26 heavy (non-hydrogen) atoms. The standard InChI is InChI=1S/C19H16N2O5/c1-12-11-16(21-26-12)19(23)25-14-9-7-13(8-10-14)20-18(22)15-5-3-4-6-17(15)24-2/h3-11H,1-2H3,(H,20,22). The number of rotatable bonds is 5. The highest BCUT2D eigenvalue weighted by Gasteiger charge is 2.14. The number of anilines is 1. The van der Waals surface area contributed by atoms with Gasteiger partial charge in [-0.25, -0.2) is 4.79 Å². The molecule has 0 saturated carbocycles. The highest BCUT2D eigenvalue weighted by molar-refractivity contribution is 6.06. The summed E-state index contributed by atoms with van der Waals surface area (Å²) in [4.78, 5) is 24.3. The van der Waals surface area contributed by atoms with Crippen molar-refractivity contribution in [3.63, 3.8) is 0 Å². The van der Waals surface area contributed by atoms with Crippen LogP contribution in [0.4, 0.5) is 5.69 Å². The molecule has 0 aliphatic heterocycles. The summed E-state index contributed by atoms with van der Waals surface area (Å²) in [5.74, 6) is 0.411. The van der Waals surface area contributed by atoms with E-state index in [0.29, 0.717) is 28.5 Å². The fourth-order valence-corrected chi connectivity index (χ4v) is 2.26. The Balaban J connectivity index is 1.66. The minimum Gasteiger partial charge on any atom is -0.496 e. The van der Waals surface area contributed by atoms with Crippen molar-refractivity contribution in [1.29, 1.82) is 0 Å². The Morgan fingerprint density at radius 2 is 1.81 bits per heavy atom. The SMILES string of the molecule is COc1ccccc1C(=O)Nc1ccc(OC(=O)c2cc(C)on2)cc1. The zero-order chi connectivity index (χ0) is 18.5. The van der Waals surface area contributed by atoms with Crippen LogP contribution >= 0.6 is 0 Å². The summed E-state index contributed by atoms with van der Waals surface area (Å²) in [6, 6.07) is 14.8. The van der Waals surface area contributed by atoms with Crippen LogP contribution in [0.5, 0.6) is 11.5 Å². The van der Waals surface area contributed by atoms with Crippen LogP contribution in [-0.4, -0.2) is 24.1 Å². The molecule has 0 spiro atoms. The maximum absolute atomic E-state index is 12.3. The lowest BCUT2D eigenvalue weighted by Crippen LogP contribution is -2.13. The van der Waals surface area contributed by atoms with Crippen molar-refractivity contribution in [2.75, 3.05) is 12.4 Å². The van der Waals surface area contributed by atoms with Gasteiger partial charge in [0.2, 0.25) is 0 Å². The van der Waals surface area contributed by atoms with E-state index in [2.05, 4.69) is 10.5 Å². The van der Waals surface area contributed by atoms with E-state index in [4.69, 9.17) is 14.0 Å². The Hall–Kier alpha value is -3.61. The predicted molar refractivity (Wildman–Crippen MR) is 93.6 cm³/mol. The Labute approximate surface area is 149 Å². The van der Waals surface area contributed by atoms with E-state index in [1.54, 1.807) is 55.5 Å².